The van der Waals surface area contributed by atoms with E-state index in [1.165, 1.54) is 25.7 Å². The lowest BCUT2D eigenvalue weighted by molar-refractivity contribution is 0.0943. The van der Waals surface area contributed by atoms with Crippen LogP contribution in [0.4, 0.5) is 5.82 Å². The molecule has 6 nitrogen and oxygen atoms in total. The van der Waals surface area contributed by atoms with Crippen molar-refractivity contribution >= 4 is 22.8 Å². The molecule has 1 fully saturated rings. The van der Waals surface area contributed by atoms with Gasteiger partial charge in [-0.25, -0.2) is 4.98 Å². The van der Waals surface area contributed by atoms with E-state index in [1.54, 1.807) is 12.3 Å². The molecular weight excluding hydrogens is 338 g/mol. The molecule has 0 aliphatic heterocycles. The molecule has 0 saturated heterocycles. The maximum absolute atomic E-state index is 12.4. The summed E-state index contributed by atoms with van der Waals surface area (Å²) in [5.74, 6) is 0.767. The van der Waals surface area contributed by atoms with Crippen LogP contribution in [0.3, 0.4) is 0 Å². The van der Waals surface area contributed by atoms with Crippen LogP contribution < -0.4 is 10.6 Å². The summed E-state index contributed by atoms with van der Waals surface area (Å²) in [7, 11) is 0. The lowest BCUT2D eigenvalue weighted by atomic mass is 10.1. The number of anilines is 1. The minimum absolute atomic E-state index is 0.0858. The van der Waals surface area contributed by atoms with Gasteiger partial charge in [0.2, 0.25) is 0 Å². The maximum atomic E-state index is 12.4. The normalized spacial score (nSPS) is 14.8. The van der Waals surface area contributed by atoms with E-state index in [9.17, 15) is 4.79 Å². The van der Waals surface area contributed by atoms with Crippen LogP contribution in [0.15, 0.2) is 36.7 Å². The van der Waals surface area contributed by atoms with E-state index in [0.29, 0.717) is 11.6 Å². The van der Waals surface area contributed by atoms with E-state index in [0.717, 1.165) is 28.1 Å². The molecule has 0 aromatic carbocycles. The molecule has 0 spiro atoms. The van der Waals surface area contributed by atoms with E-state index in [4.69, 9.17) is 4.98 Å². The lowest BCUT2D eigenvalue weighted by Gasteiger charge is -2.14. The summed E-state index contributed by atoms with van der Waals surface area (Å²) in [6, 6.07) is 8.20. The summed E-state index contributed by atoms with van der Waals surface area (Å²) >= 11 is 0. The average Bonchev–Trinajstić information content (AvgIpc) is 3.32. The van der Waals surface area contributed by atoms with E-state index in [1.807, 2.05) is 38.2 Å². The van der Waals surface area contributed by atoms with Crippen molar-refractivity contribution in [1.29, 1.82) is 0 Å². The molecule has 27 heavy (non-hydrogen) atoms. The van der Waals surface area contributed by atoms with Crippen LogP contribution in [0, 0.1) is 0 Å². The Morgan fingerprint density at radius 1 is 1.22 bits per heavy atom. The minimum atomic E-state index is -0.0858. The van der Waals surface area contributed by atoms with Crippen molar-refractivity contribution in [3.63, 3.8) is 0 Å². The molecule has 3 aromatic heterocycles. The highest BCUT2D eigenvalue weighted by Crippen LogP contribution is 2.30. The largest absolute Gasteiger partial charge is 0.367 e. The lowest BCUT2D eigenvalue weighted by Crippen LogP contribution is -2.30. The quantitative estimate of drug-likeness (QED) is 0.637. The molecule has 3 aromatic rings. The molecule has 1 amide bonds. The molecule has 0 radical (unpaired) electrons. The fourth-order valence-corrected chi connectivity index (χ4v) is 3.67. The van der Waals surface area contributed by atoms with E-state index >= 15 is 0 Å². The number of carbonyl (C=O) groups excluding carboxylic acids is 1. The van der Waals surface area contributed by atoms with Crippen LogP contribution in [0.25, 0.3) is 22.3 Å². The highest BCUT2D eigenvalue weighted by atomic mass is 16.1. The third kappa shape index (κ3) is 3.79. The van der Waals surface area contributed by atoms with Crippen molar-refractivity contribution in [1.82, 2.24) is 20.3 Å². The Morgan fingerprint density at radius 3 is 2.81 bits per heavy atom. The Labute approximate surface area is 158 Å². The third-order valence-electron chi connectivity index (χ3n) is 4.95. The number of hydrogen-bond acceptors (Lipinski definition) is 4. The number of nitrogens with zero attached hydrogens (tertiary/aromatic N) is 2. The van der Waals surface area contributed by atoms with Crippen LogP contribution >= 0.6 is 0 Å². The van der Waals surface area contributed by atoms with Gasteiger partial charge < -0.3 is 15.6 Å². The molecule has 0 atom stereocenters. The predicted octanol–water partition coefficient (Wildman–Crippen LogP) is 4.12. The summed E-state index contributed by atoms with van der Waals surface area (Å²) in [4.78, 5) is 24.8. The van der Waals surface area contributed by atoms with Gasteiger partial charge in [0, 0.05) is 41.0 Å². The zero-order valence-corrected chi connectivity index (χ0v) is 15.7. The minimum Gasteiger partial charge on any atom is -0.367 e. The number of rotatable bonds is 5. The van der Waals surface area contributed by atoms with Gasteiger partial charge in [-0.1, -0.05) is 12.8 Å². The number of aromatic amines is 1. The molecule has 0 unspecified atom stereocenters. The standard InChI is InChI=1S/C21H25N5O/c1-13(2)24-21(27)14-7-9-22-18(11-14)17-12-19(25-15-5-3-4-6-15)26-20-16(17)8-10-23-20/h7-13,15H,3-6H2,1-2H3,(H,24,27)(H2,23,25,26). The van der Waals surface area contributed by atoms with Crippen molar-refractivity contribution in [2.75, 3.05) is 5.32 Å². The highest BCUT2D eigenvalue weighted by Gasteiger charge is 2.17. The van der Waals surface area contributed by atoms with Crippen molar-refractivity contribution in [2.24, 2.45) is 0 Å². The zero-order chi connectivity index (χ0) is 18.8. The number of pyridine rings is 2. The fourth-order valence-electron chi connectivity index (χ4n) is 3.67. The van der Waals surface area contributed by atoms with Gasteiger partial charge in [-0.15, -0.1) is 0 Å². The first-order chi connectivity index (χ1) is 13.1. The molecule has 1 aliphatic carbocycles. The van der Waals surface area contributed by atoms with Crippen LogP contribution in [0.5, 0.6) is 0 Å². The van der Waals surface area contributed by atoms with Crippen LogP contribution in [-0.2, 0) is 0 Å². The van der Waals surface area contributed by atoms with Crippen LogP contribution in [0.1, 0.15) is 49.9 Å². The summed E-state index contributed by atoms with van der Waals surface area (Å²) in [6.45, 7) is 3.90. The van der Waals surface area contributed by atoms with Gasteiger partial charge in [0.15, 0.2) is 0 Å². The van der Waals surface area contributed by atoms with Crippen LogP contribution in [0.2, 0.25) is 0 Å². The molecule has 0 bridgehead atoms. The van der Waals surface area contributed by atoms with E-state index in [2.05, 4.69) is 20.6 Å². The summed E-state index contributed by atoms with van der Waals surface area (Å²) in [6.07, 6.45) is 8.48. The first-order valence-corrected chi connectivity index (χ1v) is 9.62. The second-order valence-corrected chi connectivity index (χ2v) is 7.48. The molecule has 140 valence electrons. The zero-order valence-electron chi connectivity index (χ0n) is 15.7. The first kappa shape index (κ1) is 17.5. The second kappa shape index (κ2) is 7.39. The summed E-state index contributed by atoms with van der Waals surface area (Å²) in [5, 5.41) is 7.49. The first-order valence-electron chi connectivity index (χ1n) is 9.62. The third-order valence-corrected chi connectivity index (χ3v) is 4.95. The van der Waals surface area contributed by atoms with Gasteiger partial charge in [-0.3, -0.25) is 9.78 Å². The van der Waals surface area contributed by atoms with Gasteiger partial charge in [0.1, 0.15) is 11.5 Å². The number of nitrogens with one attached hydrogen (secondary N) is 3. The monoisotopic (exact) mass is 363 g/mol. The Morgan fingerprint density at radius 2 is 2.04 bits per heavy atom. The maximum Gasteiger partial charge on any atom is 0.251 e. The summed E-state index contributed by atoms with van der Waals surface area (Å²) < 4.78 is 0. The Hall–Kier alpha value is -2.89. The Kier molecular flexibility index (Phi) is 4.79. The number of H-pyrrole nitrogens is 1. The van der Waals surface area contributed by atoms with E-state index in [-0.39, 0.29) is 11.9 Å². The fraction of sp³-hybridized carbons (Fsp3) is 0.381. The SMILES string of the molecule is CC(C)NC(=O)c1ccnc(-c2cc(NC3CCCC3)nc3[nH]ccc23)c1. The van der Waals surface area contributed by atoms with Gasteiger partial charge in [-0.05, 0) is 51.0 Å². The van der Waals surface area contributed by atoms with Crippen molar-refractivity contribution in [3.8, 4) is 11.3 Å². The molecular formula is C21H25N5O. The molecule has 3 heterocycles. The number of carbonyl (C=O) groups is 1. The highest BCUT2D eigenvalue weighted by molar-refractivity contribution is 5.98. The average molecular weight is 363 g/mol. The van der Waals surface area contributed by atoms with E-state index < -0.39 is 0 Å². The summed E-state index contributed by atoms with van der Waals surface area (Å²) in [5.41, 5.74) is 3.18. The number of fused-ring (bicyclic) bond motifs is 1. The Balaban J connectivity index is 1.72. The van der Waals surface area contributed by atoms with Gasteiger partial charge >= 0.3 is 0 Å². The topological polar surface area (TPSA) is 82.7 Å². The van der Waals surface area contributed by atoms with Crippen LogP contribution in [-0.4, -0.2) is 32.9 Å². The van der Waals surface area contributed by atoms with Crippen molar-refractivity contribution in [3.05, 3.63) is 42.2 Å². The molecule has 1 saturated carbocycles. The predicted molar refractivity (Wildman–Crippen MR) is 108 cm³/mol. The number of hydrogen-bond donors (Lipinski definition) is 3. The van der Waals surface area contributed by atoms with Gasteiger partial charge in [0.05, 0.1) is 5.69 Å². The molecule has 3 N–H and O–H groups in total. The van der Waals surface area contributed by atoms with Gasteiger partial charge in [-0.2, -0.15) is 0 Å². The number of amides is 1. The van der Waals surface area contributed by atoms with Crippen molar-refractivity contribution < 1.29 is 4.79 Å². The molecule has 4 rings (SSSR count). The smallest absolute Gasteiger partial charge is 0.251 e. The van der Waals surface area contributed by atoms with Crippen molar-refractivity contribution in [2.45, 2.75) is 51.6 Å². The Bertz CT molecular complexity index is 956. The molecule has 6 heteroatoms. The molecule has 1 aliphatic rings. The number of aromatic nitrogens is 3. The second-order valence-electron chi connectivity index (χ2n) is 7.48. The van der Waals surface area contributed by atoms with Gasteiger partial charge in [0.25, 0.3) is 5.91 Å².